The summed E-state index contributed by atoms with van der Waals surface area (Å²) in [6, 6.07) is -1.74. The minimum Gasteiger partial charge on any atom is -0.378 e. The van der Waals surface area contributed by atoms with Gasteiger partial charge in [-0.3, -0.25) is 0 Å². The minimum atomic E-state index is -2.46. The molecule has 0 aromatic rings. The molecule has 0 atom stereocenters. The van der Waals surface area contributed by atoms with Crippen LogP contribution in [0.4, 0.5) is 0 Å². The Hall–Kier alpha value is 1.05. The Balaban J connectivity index is 1.56. The summed E-state index contributed by atoms with van der Waals surface area (Å²) in [5.74, 6) is 2.99. The molecule has 2 aliphatic carbocycles. The Bertz CT molecular complexity index is 332. The van der Waals surface area contributed by atoms with E-state index in [1.54, 1.807) is 0 Å². The molecule has 0 aliphatic heterocycles. The van der Waals surface area contributed by atoms with Crippen molar-refractivity contribution in [3.63, 3.8) is 0 Å². The molecule has 24 heavy (non-hydrogen) atoms. The monoisotopic (exact) mass is 412 g/mol. The molecule has 0 aromatic carbocycles. The highest BCUT2D eigenvalue weighted by Gasteiger charge is 2.31. The topological polar surface area (TPSA) is 9.23 Å². The van der Waals surface area contributed by atoms with Gasteiger partial charge in [0.05, 0.1) is 6.10 Å². The molecule has 0 amide bonds. The lowest BCUT2D eigenvalue weighted by atomic mass is 9.70. The average molecular weight is 414 g/mol. The van der Waals surface area contributed by atoms with E-state index < -0.39 is 6.00 Å². The van der Waals surface area contributed by atoms with Crippen LogP contribution >= 0.6 is 33.2 Å². The van der Waals surface area contributed by atoms with Crippen molar-refractivity contribution in [1.82, 2.24) is 0 Å². The van der Waals surface area contributed by atoms with Gasteiger partial charge in [-0.15, -0.1) is 33.2 Å². The van der Waals surface area contributed by atoms with Gasteiger partial charge in [-0.25, -0.2) is 0 Å². The minimum absolute atomic E-state index is 0.458. The molecule has 1 nitrogen and oxygen atoms in total. The van der Waals surface area contributed by atoms with E-state index in [1.807, 2.05) is 0 Å². The maximum Gasteiger partial charge on any atom is 0.341 e. The zero-order chi connectivity index (χ0) is 17.4. The van der Waals surface area contributed by atoms with Crippen molar-refractivity contribution in [2.24, 2.45) is 17.8 Å². The van der Waals surface area contributed by atoms with Gasteiger partial charge >= 0.3 is 6.00 Å². The Kier molecular flexibility index (Phi) is 9.80. The van der Waals surface area contributed by atoms with Crippen LogP contribution in [0.1, 0.15) is 84.0 Å². The number of hydrogen-bond acceptors (Lipinski definition) is 1. The second kappa shape index (κ2) is 11.0. The number of rotatable bonds is 9. The van der Waals surface area contributed by atoms with Crippen LogP contribution in [0.2, 0.25) is 6.04 Å². The van der Waals surface area contributed by atoms with Gasteiger partial charge in [0.25, 0.3) is 0 Å². The molecule has 2 aliphatic rings. The van der Waals surface area contributed by atoms with Crippen molar-refractivity contribution in [3.05, 3.63) is 0 Å². The first kappa shape index (κ1) is 21.3. The van der Waals surface area contributed by atoms with Crippen molar-refractivity contribution < 1.29 is 4.74 Å². The fourth-order valence-electron chi connectivity index (χ4n) is 4.69. The van der Waals surface area contributed by atoms with E-state index in [-0.39, 0.29) is 0 Å². The van der Waals surface area contributed by atoms with Crippen molar-refractivity contribution in [1.29, 1.82) is 0 Å². The van der Waals surface area contributed by atoms with E-state index >= 15 is 0 Å². The van der Waals surface area contributed by atoms with Crippen LogP contribution in [0.3, 0.4) is 0 Å². The predicted molar refractivity (Wildman–Crippen MR) is 109 cm³/mol. The third-order valence-electron chi connectivity index (χ3n) is 6.20. The second-order valence-corrected chi connectivity index (χ2v) is 17.3. The molecule has 0 spiro atoms. The summed E-state index contributed by atoms with van der Waals surface area (Å²) >= 11 is 17.7. The third-order valence-corrected chi connectivity index (χ3v) is 8.82. The molecule has 2 fully saturated rings. The molecule has 5 heteroatoms. The van der Waals surface area contributed by atoms with E-state index in [0.29, 0.717) is 12.1 Å². The number of halogens is 3. The van der Waals surface area contributed by atoms with E-state index in [1.165, 1.54) is 70.6 Å². The van der Waals surface area contributed by atoms with E-state index in [4.69, 9.17) is 38.0 Å². The lowest BCUT2D eigenvalue weighted by Gasteiger charge is -2.38. The van der Waals surface area contributed by atoms with Gasteiger partial charge in [0.15, 0.2) is 0 Å². The molecule has 0 N–H and O–H groups in total. The summed E-state index contributed by atoms with van der Waals surface area (Å²) in [6.45, 7) is 3.07. The van der Waals surface area contributed by atoms with Gasteiger partial charge in [-0.1, -0.05) is 39.0 Å². The van der Waals surface area contributed by atoms with Crippen molar-refractivity contribution in [3.8, 4) is 0 Å². The van der Waals surface area contributed by atoms with E-state index in [9.17, 15) is 0 Å². The van der Waals surface area contributed by atoms with Crippen molar-refractivity contribution >= 4 is 39.2 Å². The molecule has 2 saturated carbocycles. The standard InChI is InChI=1S/C19H35Cl3OSi/c1-2-3-5-16-6-8-17(9-7-16)18-10-12-19(13-11-18)23-14-4-15-24(20,21)22/h16-19H,2-15H2,1H3. The Morgan fingerprint density at radius 3 is 1.96 bits per heavy atom. The summed E-state index contributed by atoms with van der Waals surface area (Å²) in [5, 5.41) is 0. The summed E-state index contributed by atoms with van der Waals surface area (Å²) in [6.07, 6.45) is 16.8. The van der Waals surface area contributed by atoms with Crippen molar-refractivity contribution in [2.45, 2.75) is 96.1 Å². The lowest BCUT2D eigenvalue weighted by molar-refractivity contribution is 0.00726. The Morgan fingerprint density at radius 2 is 1.42 bits per heavy atom. The van der Waals surface area contributed by atoms with Gasteiger partial charge in [0, 0.05) is 6.61 Å². The lowest BCUT2D eigenvalue weighted by Crippen LogP contribution is -2.29. The molecule has 0 radical (unpaired) electrons. The zero-order valence-electron chi connectivity index (χ0n) is 15.3. The molecule has 142 valence electrons. The number of ether oxygens (including phenoxy) is 1. The third kappa shape index (κ3) is 8.16. The SMILES string of the molecule is CCCCC1CCC(C2CCC(OCCC[Si](Cl)(Cl)Cl)CC2)CC1. The molecule has 0 heterocycles. The highest BCUT2D eigenvalue weighted by Crippen LogP contribution is 2.41. The van der Waals surface area contributed by atoms with E-state index in [0.717, 1.165) is 30.8 Å². The largest absolute Gasteiger partial charge is 0.378 e. The van der Waals surface area contributed by atoms with Crippen LogP contribution in [0.25, 0.3) is 0 Å². The summed E-state index contributed by atoms with van der Waals surface area (Å²) in [5.41, 5.74) is 0. The highest BCUT2D eigenvalue weighted by atomic mass is 35.8. The summed E-state index contributed by atoms with van der Waals surface area (Å²) in [7, 11) is 0. The summed E-state index contributed by atoms with van der Waals surface area (Å²) < 4.78 is 6.02. The molecule has 2 rings (SSSR count). The normalized spacial score (nSPS) is 32.0. The van der Waals surface area contributed by atoms with Crippen molar-refractivity contribution in [2.75, 3.05) is 6.61 Å². The smallest absolute Gasteiger partial charge is 0.341 e. The first-order chi connectivity index (χ1) is 11.5. The predicted octanol–water partition coefficient (Wildman–Crippen LogP) is 7.60. The molecule has 0 aromatic heterocycles. The van der Waals surface area contributed by atoms with Crippen LogP contribution < -0.4 is 0 Å². The quantitative estimate of drug-likeness (QED) is 0.215. The second-order valence-electron chi connectivity index (χ2n) is 8.05. The van der Waals surface area contributed by atoms with Crippen LogP contribution in [0.5, 0.6) is 0 Å². The molecule has 0 unspecified atom stereocenters. The van der Waals surface area contributed by atoms with Crippen LogP contribution in [-0.2, 0) is 4.74 Å². The van der Waals surface area contributed by atoms with Crippen LogP contribution in [-0.4, -0.2) is 18.7 Å². The maximum absolute atomic E-state index is 6.02. The van der Waals surface area contributed by atoms with Gasteiger partial charge in [0.1, 0.15) is 0 Å². The van der Waals surface area contributed by atoms with E-state index in [2.05, 4.69) is 6.92 Å². The summed E-state index contributed by atoms with van der Waals surface area (Å²) in [4.78, 5) is 0. The first-order valence-electron chi connectivity index (χ1n) is 10.2. The zero-order valence-corrected chi connectivity index (χ0v) is 18.5. The van der Waals surface area contributed by atoms with Crippen LogP contribution in [0, 0.1) is 17.8 Å². The van der Waals surface area contributed by atoms with Gasteiger partial charge in [0.2, 0.25) is 0 Å². The Morgan fingerprint density at radius 1 is 0.833 bits per heavy atom. The average Bonchev–Trinajstić information content (AvgIpc) is 2.57. The fourth-order valence-corrected chi connectivity index (χ4v) is 6.44. The maximum atomic E-state index is 6.02. The van der Waals surface area contributed by atoms with Crippen LogP contribution in [0.15, 0.2) is 0 Å². The van der Waals surface area contributed by atoms with Gasteiger partial charge in [-0.2, -0.15) is 0 Å². The molecule has 0 bridgehead atoms. The van der Waals surface area contributed by atoms with Gasteiger partial charge in [-0.05, 0) is 68.7 Å². The highest BCUT2D eigenvalue weighted by molar-refractivity contribution is 7.64. The molecule has 0 saturated heterocycles. The first-order valence-corrected chi connectivity index (χ1v) is 15.4. The fraction of sp³-hybridized carbons (Fsp3) is 1.00. The number of hydrogen-bond donors (Lipinski definition) is 0. The van der Waals surface area contributed by atoms with Gasteiger partial charge < -0.3 is 4.74 Å². The number of unbranched alkanes of at least 4 members (excludes halogenated alkanes) is 1. The molecular weight excluding hydrogens is 379 g/mol. The Labute approximate surface area is 164 Å². The molecular formula is C19H35Cl3OSi.